The Kier molecular flexibility index (Phi) is 8.08. The van der Waals surface area contributed by atoms with Gasteiger partial charge in [-0.05, 0) is 11.8 Å². The Bertz CT molecular complexity index is 2290. The number of benzene rings is 3. The van der Waals surface area contributed by atoms with E-state index in [0.717, 1.165) is 24.5 Å². The molecule has 0 atom stereocenters. The van der Waals surface area contributed by atoms with Crippen molar-refractivity contribution in [2.75, 3.05) is 0 Å². The Labute approximate surface area is 298 Å². The van der Waals surface area contributed by atoms with E-state index in [9.17, 15) is 14.0 Å². The van der Waals surface area contributed by atoms with E-state index >= 15 is 0 Å². The van der Waals surface area contributed by atoms with Crippen LogP contribution >= 0.6 is 0 Å². The van der Waals surface area contributed by atoms with Crippen LogP contribution in [-0.2, 0) is 26.5 Å². The number of nitrogens with zero attached hydrogens (tertiary/aromatic N) is 3. The summed E-state index contributed by atoms with van der Waals surface area (Å²) in [5.74, 6) is -1.29. The second-order valence-electron chi connectivity index (χ2n) is 10.9. The molecule has 0 bridgehead atoms. The van der Waals surface area contributed by atoms with Crippen LogP contribution in [0, 0.1) is 54.2 Å². The van der Waals surface area contributed by atoms with E-state index < -0.39 is 57.6 Å². The van der Waals surface area contributed by atoms with Crippen molar-refractivity contribution < 1.29 is 39.9 Å². The van der Waals surface area contributed by atoms with E-state index in [4.69, 9.17) is 11.0 Å². The Morgan fingerprint density at radius 3 is 2.44 bits per heavy atom. The van der Waals surface area contributed by atoms with Crippen molar-refractivity contribution in [1.29, 1.82) is 5.26 Å². The minimum atomic E-state index is -2.63. The summed E-state index contributed by atoms with van der Waals surface area (Å²) in [6.45, 7) is 0.0114. The SMILES string of the molecule is Fc1c[c-]c(-c2ccccn2)c(F)c1.[2H]C([2H])([2H])c1cnc(-c2[c-]ccc3cc(C#N)[te]c23)cc1-c1ccc(C([2H])([2H])C(C)(C)C)cc1C([2H])([2H])[2H].[Ir]. The van der Waals surface area contributed by atoms with Crippen molar-refractivity contribution in [1.82, 2.24) is 9.97 Å². The zero-order valence-corrected chi connectivity index (χ0v) is 29.1. The third kappa shape index (κ3) is 8.40. The summed E-state index contributed by atoms with van der Waals surface area (Å²) in [5.41, 5.74) is 1.30. The number of hydrogen-bond acceptors (Lipinski definition) is 3. The molecule has 6 rings (SSSR count). The predicted octanol–water partition coefficient (Wildman–Crippen LogP) is 9.33. The van der Waals surface area contributed by atoms with Crippen LogP contribution < -0.4 is 0 Å². The smallest absolute Gasteiger partial charge is 0 e. The second-order valence-corrected chi connectivity index (χ2v) is 13.9. The van der Waals surface area contributed by atoms with Crippen molar-refractivity contribution in [3.63, 3.8) is 0 Å². The van der Waals surface area contributed by atoms with Crippen molar-refractivity contribution >= 4 is 29.2 Å². The number of rotatable bonds is 4. The van der Waals surface area contributed by atoms with Crippen LogP contribution in [0.15, 0.2) is 85.2 Å². The van der Waals surface area contributed by atoms with Crippen molar-refractivity contribution in [3.8, 4) is 39.7 Å². The predicted molar refractivity (Wildman–Crippen MR) is 174 cm³/mol. The molecule has 0 aliphatic carbocycles. The van der Waals surface area contributed by atoms with Gasteiger partial charge in [0.25, 0.3) is 0 Å². The van der Waals surface area contributed by atoms with Gasteiger partial charge in [0, 0.05) is 37.9 Å². The van der Waals surface area contributed by atoms with Crippen LogP contribution in [0.25, 0.3) is 42.4 Å². The molecule has 3 nitrogen and oxygen atoms in total. The van der Waals surface area contributed by atoms with Gasteiger partial charge < -0.3 is 4.98 Å². The minimum Gasteiger partial charge on any atom is 0 e. The van der Waals surface area contributed by atoms with Crippen molar-refractivity contribution in [3.05, 3.63) is 129 Å². The molecule has 0 fully saturated rings. The van der Waals surface area contributed by atoms with Crippen LogP contribution in [0.3, 0.4) is 0 Å². The van der Waals surface area contributed by atoms with E-state index in [1.807, 2.05) is 12.1 Å². The minimum absolute atomic E-state index is 0. The zero-order valence-electron chi connectivity index (χ0n) is 32.4. The molecule has 0 aliphatic rings. The standard InChI is InChI=1S/C27H25N2Te.C11H6F2N.Ir/c1-17-11-19(14-27(3,4)5)9-10-22(17)24-13-25(29-16-18(24)2)23-8-6-7-20-12-21(15-28)30-26(20)23;12-8-4-5-9(10(13)7-8)11-3-1-2-6-14-11;/h6-7,9-13,16H,14H2,1-5H3;1-4,6-7H;/q2*-1;/i1D3,2D3,14D2;;. The van der Waals surface area contributed by atoms with Gasteiger partial charge in [0.2, 0.25) is 0 Å². The molecule has 3 heterocycles. The van der Waals surface area contributed by atoms with Gasteiger partial charge in [-0.3, -0.25) is 8.78 Å². The first kappa shape index (κ1) is 24.7. The molecule has 0 saturated carbocycles. The van der Waals surface area contributed by atoms with Gasteiger partial charge in [-0.25, -0.2) is 0 Å². The summed E-state index contributed by atoms with van der Waals surface area (Å²) >= 11 is -0.965. The van der Waals surface area contributed by atoms with E-state index in [0.29, 0.717) is 17.0 Å². The van der Waals surface area contributed by atoms with Gasteiger partial charge in [-0.15, -0.1) is 12.1 Å². The molecule has 7 heteroatoms. The Morgan fingerprint density at radius 2 is 1.76 bits per heavy atom. The molecular formula is C38H31F2IrN3Te-2. The third-order valence-corrected chi connectivity index (χ3v) is 9.42. The molecule has 0 spiro atoms. The molecule has 229 valence electrons. The first-order valence-corrected chi connectivity index (χ1v) is 15.8. The Morgan fingerprint density at radius 1 is 0.933 bits per heavy atom. The van der Waals surface area contributed by atoms with Crippen LogP contribution in [0.4, 0.5) is 8.78 Å². The van der Waals surface area contributed by atoms with E-state index in [-0.39, 0.29) is 53.5 Å². The second kappa shape index (κ2) is 14.7. The molecular weight excluding hydrogens is 856 g/mol. The fourth-order valence-corrected chi connectivity index (χ4v) is 7.25. The quantitative estimate of drug-likeness (QED) is 0.131. The van der Waals surface area contributed by atoms with Gasteiger partial charge in [-0.2, -0.15) is 0 Å². The summed E-state index contributed by atoms with van der Waals surface area (Å²) < 4.78 is 93.8. The van der Waals surface area contributed by atoms with Crippen LogP contribution in [0.5, 0.6) is 0 Å². The van der Waals surface area contributed by atoms with Gasteiger partial charge in [0.05, 0.1) is 0 Å². The molecule has 3 aromatic carbocycles. The Hall–Kier alpha value is -3.51. The largest absolute Gasteiger partial charge is 0 e. The number of aryl methyl sites for hydroxylation is 2. The van der Waals surface area contributed by atoms with Gasteiger partial charge in [-0.1, -0.05) is 23.8 Å². The summed E-state index contributed by atoms with van der Waals surface area (Å²) in [6.07, 6.45) is 0.966. The molecule has 3 aromatic heterocycles. The summed E-state index contributed by atoms with van der Waals surface area (Å²) in [5, 5.41) is 10.3. The summed E-state index contributed by atoms with van der Waals surface area (Å²) in [7, 11) is 0. The Balaban J connectivity index is 0.000000349. The fraction of sp³-hybridized carbons (Fsp3) is 0.184. The first-order chi connectivity index (χ1) is 24.2. The molecule has 45 heavy (non-hydrogen) atoms. The van der Waals surface area contributed by atoms with Crippen LogP contribution in [0.2, 0.25) is 0 Å². The number of aromatic nitrogens is 2. The zero-order chi connectivity index (χ0) is 38.2. The average molecular weight is 896 g/mol. The molecule has 0 unspecified atom stereocenters. The van der Waals surface area contributed by atoms with E-state index in [2.05, 4.69) is 28.2 Å². The molecule has 0 aliphatic heterocycles. The molecule has 0 N–H and O–H groups in total. The van der Waals surface area contributed by atoms with Crippen LogP contribution in [-0.4, -0.2) is 30.4 Å². The number of fused-ring (bicyclic) bond motifs is 1. The molecule has 1 radical (unpaired) electrons. The van der Waals surface area contributed by atoms with E-state index in [1.165, 1.54) is 24.4 Å². The average Bonchev–Trinajstić information content (AvgIpc) is 3.51. The van der Waals surface area contributed by atoms with Gasteiger partial charge in [0.15, 0.2) is 0 Å². The van der Waals surface area contributed by atoms with Crippen molar-refractivity contribution in [2.45, 2.75) is 40.8 Å². The first-order valence-electron chi connectivity index (χ1n) is 17.5. The maximum Gasteiger partial charge on any atom is 0 e. The van der Waals surface area contributed by atoms with Crippen molar-refractivity contribution in [2.24, 2.45) is 5.41 Å². The van der Waals surface area contributed by atoms with Gasteiger partial charge >= 0.3 is 200 Å². The maximum absolute atomic E-state index is 13.2. The number of pyridine rings is 2. The van der Waals surface area contributed by atoms with E-state index in [1.54, 1.807) is 57.3 Å². The number of hydrogen-bond donors (Lipinski definition) is 0. The molecule has 0 amide bonds. The van der Waals surface area contributed by atoms with Gasteiger partial charge in [0.1, 0.15) is 0 Å². The monoisotopic (exact) mass is 898 g/mol. The fourth-order valence-electron chi connectivity index (χ4n) is 4.51. The summed E-state index contributed by atoms with van der Waals surface area (Å²) in [6, 6.07) is 26.3. The van der Waals surface area contributed by atoms with Crippen LogP contribution in [0.1, 0.15) is 52.0 Å². The number of nitriles is 1. The maximum atomic E-state index is 13.2. The normalized spacial score (nSPS) is 14.4. The third-order valence-electron chi connectivity index (χ3n) is 6.36. The number of halogens is 2. The molecule has 6 aromatic rings. The topological polar surface area (TPSA) is 49.6 Å². The summed E-state index contributed by atoms with van der Waals surface area (Å²) in [4.78, 5) is 8.38. The molecule has 0 saturated heterocycles.